The van der Waals surface area contributed by atoms with Gasteiger partial charge in [0.2, 0.25) is 5.91 Å². The predicted molar refractivity (Wildman–Crippen MR) is 98.4 cm³/mol. The number of phenols is 1. The normalized spacial score (nSPS) is 10.2. The fourth-order valence-electron chi connectivity index (χ4n) is 2.50. The Morgan fingerprint density at radius 1 is 1.27 bits per heavy atom. The summed E-state index contributed by atoms with van der Waals surface area (Å²) in [4.78, 5) is 25.8. The Balaban J connectivity index is 2.30. The Hall–Kier alpha value is -3.15. The molecule has 0 heterocycles. The Kier molecular flexibility index (Phi) is 6.49. The number of nitrogens with zero attached hydrogens (tertiary/aromatic N) is 1. The Bertz CT molecular complexity index is 820. The number of anilines is 1. The molecule has 136 valence electrons. The van der Waals surface area contributed by atoms with E-state index in [0.29, 0.717) is 24.2 Å². The number of carbonyl (C=O) groups excluding carboxylic acids is 2. The van der Waals surface area contributed by atoms with Crippen molar-refractivity contribution in [2.24, 2.45) is 0 Å². The monoisotopic (exact) mass is 356 g/mol. The molecule has 0 aliphatic carbocycles. The summed E-state index contributed by atoms with van der Waals surface area (Å²) in [5.41, 5.74) is 0.792. The fourth-order valence-corrected chi connectivity index (χ4v) is 2.50. The van der Waals surface area contributed by atoms with Gasteiger partial charge in [0.1, 0.15) is 11.6 Å². The van der Waals surface area contributed by atoms with Gasteiger partial charge in [0.05, 0.1) is 5.56 Å². The maximum absolute atomic E-state index is 13.9. The summed E-state index contributed by atoms with van der Waals surface area (Å²) in [6.45, 7) is 5.76. The Morgan fingerprint density at radius 3 is 2.65 bits per heavy atom. The summed E-state index contributed by atoms with van der Waals surface area (Å²) in [6, 6.07) is 10.5. The number of aromatic hydroxyl groups is 1. The van der Waals surface area contributed by atoms with E-state index in [1.807, 2.05) is 6.92 Å². The lowest BCUT2D eigenvalue weighted by Gasteiger charge is -2.23. The lowest BCUT2D eigenvalue weighted by atomic mass is 10.1. The van der Waals surface area contributed by atoms with Crippen LogP contribution in [-0.2, 0) is 11.3 Å². The molecular weight excluding hydrogens is 335 g/mol. The minimum absolute atomic E-state index is 0.0386. The number of phenolic OH excluding ortho intramolecular Hbond substituents is 1. The zero-order valence-corrected chi connectivity index (χ0v) is 14.5. The molecule has 2 aromatic rings. The fraction of sp³-hybridized carbons (Fsp3) is 0.200. The van der Waals surface area contributed by atoms with Gasteiger partial charge in [-0.1, -0.05) is 31.7 Å². The molecular formula is C20H21FN2O3. The quantitative estimate of drug-likeness (QED) is 0.587. The molecule has 5 nitrogen and oxygen atoms in total. The van der Waals surface area contributed by atoms with E-state index in [1.54, 1.807) is 18.2 Å². The summed E-state index contributed by atoms with van der Waals surface area (Å²) in [6.07, 6.45) is 1.78. The first-order valence-corrected chi connectivity index (χ1v) is 8.25. The highest BCUT2D eigenvalue weighted by molar-refractivity contribution is 6.01. The highest BCUT2D eigenvalue weighted by Crippen LogP contribution is 2.24. The van der Waals surface area contributed by atoms with Crippen molar-refractivity contribution in [3.05, 3.63) is 72.1 Å². The van der Waals surface area contributed by atoms with Crippen molar-refractivity contribution in [3.63, 3.8) is 0 Å². The largest absolute Gasteiger partial charge is 0.507 e. The van der Waals surface area contributed by atoms with E-state index >= 15 is 0 Å². The molecule has 26 heavy (non-hydrogen) atoms. The second-order valence-corrected chi connectivity index (χ2v) is 5.74. The van der Waals surface area contributed by atoms with Gasteiger partial charge in [-0.25, -0.2) is 4.39 Å². The van der Waals surface area contributed by atoms with Crippen LogP contribution in [0.3, 0.4) is 0 Å². The van der Waals surface area contributed by atoms with Crippen LogP contribution in [-0.4, -0.2) is 28.4 Å². The Morgan fingerprint density at radius 2 is 2.00 bits per heavy atom. The summed E-state index contributed by atoms with van der Waals surface area (Å²) in [7, 11) is 0. The zero-order valence-electron chi connectivity index (χ0n) is 14.5. The molecule has 0 unspecified atom stereocenters. The lowest BCUT2D eigenvalue weighted by Crippen LogP contribution is -2.31. The zero-order chi connectivity index (χ0) is 19.1. The second-order valence-electron chi connectivity index (χ2n) is 5.74. The van der Waals surface area contributed by atoms with Crippen LogP contribution in [0.15, 0.2) is 55.1 Å². The SMILES string of the molecule is C=CC(=O)Nc1ccc(O)c(C(=O)N(CCC)Cc2ccccc2F)c1. The van der Waals surface area contributed by atoms with Crippen LogP contribution in [0.25, 0.3) is 0 Å². The van der Waals surface area contributed by atoms with Gasteiger partial charge in [-0.2, -0.15) is 0 Å². The number of nitrogens with one attached hydrogen (secondary N) is 1. The van der Waals surface area contributed by atoms with E-state index in [4.69, 9.17) is 0 Å². The molecule has 0 atom stereocenters. The second kappa shape index (κ2) is 8.80. The van der Waals surface area contributed by atoms with Gasteiger partial charge in [0.25, 0.3) is 5.91 Å². The smallest absolute Gasteiger partial charge is 0.257 e. The van der Waals surface area contributed by atoms with Crippen molar-refractivity contribution in [1.29, 1.82) is 0 Å². The summed E-state index contributed by atoms with van der Waals surface area (Å²) in [5, 5.41) is 12.6. The molecule has 0 bridgehead atoms. The average Bonchev–Trinajstić information content (AvgIpc) is 2.64. The van der Waals surface area contributed by atoms with Gasteiger partial charge < -0.3 is 15.3 Å². The highest BCUT2D eigenvalue weighted by Gasteiger charge is 2.20. The third kappa shape index (κ3) is 4.69. The third-order valence-electron chi connectivity index (χ3n) is 3.78. The Labute approximate surface area is 151 Å². The first-order chi connectivity index (χ1) is 12.5. The summed E-state index contributed by atoms with van der Waals surface area (Å²) < 4.78 is 13.9. The lowest BCUT2D eigenvalue weighted by molar-refractivity contribution is -0.111. The van der Waals surface area contributed by atoms with E-state index < -0.39 is 17.6 Å². The molecule has 0 aromatic heterocycles. The number of rotatable bonds is 7. The number of hydrogen-bond donors (Lipinski definition) is 2. The molecule has 0 spiro atoms. The van der Waals surface area contributed by atoms with Gasteiger partial charge in [-0.05, 0) is 36.8 Å². The van der Waals surface area contributed by atoms with E-state index in [-0.39, 0.29) is 17.9 Å². The van der Waals surface area contributed by atoms with Crippen LogP contribution in [0.2, 0.25) is 0 Å². The van der Waals surface area contributed by atoms with Gasteiger partial charge in [-0.3, -0.25) is 9.59 Å². The number of carbonyl (C=O) groups is 2. The first-order valence-electron chi connectivity index (χ1n) is 8.25. The molecule has 0 aliphatic heterocycles. The summed E-state index contributed by atoms with van der Waals surface area (Å²) in [5.74, 6) is -1.47. The van der Waals surface area contributed by atoms with Crippen LogP contribution in [0, 0.1) is 5.82 Å². The topological polar surface area (TPSA) is 69.6 Å². The molecule has 0 fully saturated rings. The molecule has 6 heteroatoms. The van der Waals surface area contributed by atoms with Gasteiger partial charge in [0.15, 0.2) is 0 Å². The maximum Gasteiger partial charge on any atom is 0.257 e. The van der Waals surface area contributed by atoms with Crippen LogP contribution in [0.1, 0.15) is 29.3 Å². The van der Waals surface area contributed by atoms with E-state index in [1.165, 1.54) is 29.2 Å². The molecule has 2 rings (SSSR count). The van der Waals surface area contributed by atoms with Crippen LogP contribution in [0.4, 0.5) is 10.1 Å². The maximum atomic E-state index is 13.9. The highest BCUT2D eigenvalue weighted by atomic mass is 19.1. The predicted octanol–water partition coefficient (Wildman–Crippen LogP) is 3.71. The van der Waals surface area contributed by atoms with Crippen molar-refractivity contribution < 1.29 is 19.1 Å². The molecule has 0 saturated heterocycles. The van der Waals surface area contributed by atoms with Crippen LogP contribution >= 0.6 is 0 Å². The van der Waals surface area contributed by atoms with Gasteiger partial charge >= 0.3 is 0 Å². The van der Waals surface area contributed by atoms with Gasteiger partial charge in [-0.15, -0.1) is 0 Å². The van der Waals surface area contributed by atoms with Crippen LogP contribution in [0.5, 0.6) is 5.75 Å². The van der Waals surface area contributed by atoms with Gasteiger partial charge in [0, 0.05) is 24.3 Å². The standard InChI is InChI=1S/C20H21FN2O3/c1-3-11-23(13-14-7-5-6-8-17(14)21)20(26)16-12-15(9-10-18(16)24)22-19(25)4-2/h4-10,12,24H,2-3,11,13H2,1H3,(H,22,25). The number of benzene rings is 2. The molecule has 0 radical (unpaired) electrons. The molecule has 0 saturated carbocycles. The van der Waals surface area contributed by atoms with Crippen molar-refractivity contribution in [2.75, 3.05) is 11.9 Å². The summed E-state index contributed by atoms with van der Waals surface area (Å²) >= 11 is 0. The number of halogens is 1. The van der Waals surface area contributed by atoms with E-state index in [2.05, 4.69) is 11.9 Å². The van der Waals surface area contributed by atoms with Crippen molar-refractivity contribution in [3.8, 4) is 5.75 Å². The third-order valence-corrected chi connectivity index (χ3v) is 3.78. The number of hydrogen-bond acceptors (Lipinski definition) is 3. The van der Waals surface area contributed by atoms with E-state index in [9.17, 15) is 19.1 Å². The minimum Gasteiger partial charge on any atom is -0.507 e. The minimum atomic E-state index is -0.442. The van der Waals surface area contributed by atoms with Crippen LogP contribution < -0.4 is 5.32 Å². The first kappa shape index (κ1) is 19.2. The van der Waals surface area contributed by atoms with Crippen molar-refractivity contribution >= 4 is 17.5 Å². The molecule has 2 N–H and O–H groups in total. The number of amides is 2. The van der Waals surface area contributed by atoms with Crippen molar-refractivity contribution in [1.82, 2.24) is 4.90 Å². The molecule has 2 amide bonds. The van der Waals surface area contributed by atoms with Crippen molar-refractivity contribution in [2.45, 2.75) is 19.9 Å². The molecule has 2 aromatic carbocycles. The molecule has 0 aliphatic rings. The van der Waals surface area contributed by atoms with E-state index in [0.717, 1.165) is 6.08 Å². The average molecular weight is 356 g/mol.